The van der Waals surface area contributed by atoms with Crippen molar-refractivity contribution in [2.45, 2.75) is 22.9 Å². The molecular weight excluding hydrogens is 404 g/mol. The van der Waals surface area contributed by atoms with Gasteiger partial charge >= 0.3 is 0 Å². The molecule has 0 radical (unpaired) electrons. The molecule has 2 aromatic rings. The van der Waals surface area contributed by atoms with Gasteiger partial charge in [-0.05, 0) is 0 Å². The second-order valence-corrected chi connectivity index (χ2v) is 10.3. The normalized spacial score (nSPS) is 12.2. The molecule has 0 aliphatic heterocycles. The van der Waals surface area contributed by atoms with Crippen LogP contribution in [0.5, 0.6) is 0 Å². The average Bonchev–Trinajstić information content (AvgIpc) is 2.63. The summed E-state index contributed by atoms with van der Waals surface area (Å²) in [6.07, 6.45) is 9.20. The van der Waals surface area contributed by atoms with Crippen molar-refractivity contribution in [3.63, 3.8) is 0 Å². The molecule has 0 spiro atoms. The predicted octanol–water partition coefficient (Wildman–Crippen LogP) is -0.198. The minimum absolute atomic E-state index is 0.293. The van der Waals surface area contributed by atoms with E-state index in [4.69, 9.17) is 9.47 Å². The zero-order chi connectivity index (χ0) is 20.6. The molecular formula is C18H26N2O6S2+2. The van der Waals surface area contributed by atoms with Crippen LogP contribution in [0.3, 0.4) is 0 Å². The van der Waals surface area contributed by atoms with Gasteiger partial charge in [-0.2, -0.15) is 0 Å². The maximum absolute atomic E-state index is 11.4. The molecule has 2 rings (SSSR count). The van der Waals surface area contributed by atoms with Crippen LogP contribution >= 0.6 is 0 Å². The van der Waals surface area contributed by atoms with Gasteiger partial charge in [0.2, 0.25) is 0 Å². The summed E-state index contributed by atoms with van der Waals surface area (Å²) in [5.41, 5.74) is 0. The molecule has 0 atom stereocenters. The third-order valence-corrected chi connectivity index (χ3v) is 6.19. The summed E-state index contributed by atoms with van der Waals surface area (Å²) in [4.78, 5) is 0.587. The number of sulfone groups is 2. The van der Waals surface area contributed by atoms with Crippen LogP contribution in [0.15, 0.2) is 58.8 Å². The summed E-state index contributed by atoms with van der Waals surface area (Å²) in [7, 11) is -6.35. The Kier molecular flexibility index (Phi) is 8.05. The molecule has 0 amide bonds. The Bertz CT molecular complexity index is 875. The van der Waals surface area contributed by atoms with E-state index in [0.717, 1.165) is 0 Å². The van der Waals surface area contributed by atoms with Gasteiger partial charge in [0.15, 0.2) is 57.6 Å². The molecule has 0 aromatic carbocycles. The maximum atomic E-state index is 11.4. The van der Waals surface area contributed by atoms with Crippen molar-refractivity contribution >= 4 is 19.7 Å². The first-order valence-corrected chi connectivity index (χ1v) is 12.5. The minimum atomic E-state index is -3.18. The molecule has 2 aromatic heterocycles. The van der Waals surface area contributed by atoms with Crippen LogP contribution in [0.25, 0.3) is 0 Å². The molecule has 2 heterocycles. The second-order valence-electron chi connectivity index (χ2n) is 6.31. The average molecular weight is 431 g/mol. The Hall–Kier alpha value is -1.88. The van der Waals surface area contributed by atoms with Gasteiger partial charge in [-0.15, -0.1) is 0 Å². The van der Waals surface area contributed by atoms with Crippen LogP contribution in [0.4, 0.5) is 0 Å². The first-order chi connectivity index (χ1) is 13.2. The Morgan fingerprint density at radius 3 is 1.25 bits per heavy atom. The predicted molar refractivity (Wildman–Crippen MR) is 101 cm³/mol. The van der Waals surface area contributed by atoms with E-state index in [1.54, 1.807) is 49.1 Å². The van der Waals surface area contributed by atoms with Crippen LogP contribution in [0, 0.1) is 0 Å². The van der Waals surface area contributed by atoms with Crippen LogP contribution in [0.2, 0.25) is 0 Å². The number of ether oxygens (including phenoxy) is 2. The van der Waals surface area contributed by atoms with Gasteiger partial charge < -0.3 is 9.47 Å². The van der Waals surface area contributed by atoms with E-state index < -0.39 is 19.7 Å². The Morgan fingerprint density at radius 1 is 0.643 bits per heavy atom. The largest absolute Gasteiger partial charge is 0.372 e. The fourth-order valence-corrected chi connectivity index (χ4v) is 3.57. The minimum Gasteiger partial charge on any atom is -0.372 e. The van der Waals surface area contributed by atoms with E-state index in [0.29, 0.717) is 49.3 Å². The van der Waals surface area contributed by atoms with Crippen LogP contribution in [0.1, 0.15) is 0 Å². The van der Waals surface area contributed by atoms with Crippen LogP contribution in [-0.4, -0.2) is 55.8 Å². The fourth-order valence-electron chi connectivity index (χ4n) is 2.34. The van der Waals surface area contributed by atoms with E-state index in [1.165, 1.54) is 12.5 Å². The lowest BCUT2D eigenvalue weighted by Gasteiger charge is -2.04. The quantitative estimate of drug-likeness (QED) is 0.362. The van der Waals surface area contributed by atoms with Crippen molar-refractivity contribution in [3.8, 4) is 0 Å². The summed E-state index contributed by atoms with van der Waals surface area (Å²) in [5, 5.41) is 0. The van der Waals surface area contributed by atoms with E-state index in [-0.39, 0.29) is 0 Å². The van der Waals surface area contributed by atoms with Crippen molar-refractivity contribution in [1.82, 2.24) is 0 Å². The van der Waals surface area contributed by atoms with Crippen LogP contribution in [-0.2, 0) is 42.2 Å². The zero-order valence-corrected chi connectivity index (χ0v) is 17.7. The highest BCUT2D eigenvalue weighted by Gasteiger charge is 2.10. The molecule has 0 N–H and O–H groups in total. The third-order valence-electron chi connectivity index (χ3n) is 3.94. The molecule has 28 heavy (non-hydrogen) atoms. The summed E-state index contributed by atoms with van der Waals surface area (Å²) < 4.78 is 60.3. The number of aromatic nitrogens is 2. The molecule has 154 valence electrons. The number of hydrogen-bond acceptors (Lipinski definition) is 6. The highest BCUT2D eigenvalue weighted by Crippen LogP contribution is 2.04. The van der Waals surface area contributed by atoms with Gasteiger partial charge in [0, 0.05) is 36.8 Å². The number of rotatable bonds is 11. The topological polar surface area (TPSA) is 94.5 Å². The summed E-state index contributed by atoms with van der Waals surface area (Å²) in [6, 6.07) is 6.27. The van der Waals surface area contributed by atoms with E-state index in [2.05, 4.69) is 0 Å². The van der Waals surface area contributed by atoms with Crippen molar-refractivity contribution in [2.24, 2.45) is 0 Å². The Morgan fingerprint density at radius 2 is 0.964 bits per heavy atom. The fraction of sp³-hybridized carbons (Fsp3) is 0.444. The molecule has 0 fully saturated rings. The molecule has 0 unspecified atom stereocenters. The Labute approximate surface area is 166 Å². The zero-order valence-electron chi connectivity index (χ0n) is 16.0. The molecule has 0 saturated heterocycles. The number of hydrogen-bond donors (Lipinski definition) is 0. The molecule has 0 aliphatic carbocycles. The van der Waals surface area contributed by atoms with Crippen LogP contribution < -0.4 is 9.13 Å². The molecule has 10 heteroatoms. The highest BCUT2D eigenvalue weighted by molar-refractivity contribution is 7.91. The van der Waals surface area contributed by atoms with Gasteiger partial charge in [-0.3, -0.25) is 0 Å². The first kappa shape index (κ1) is 22.4. The van der Waals surface area contributed by atoms with Gasteiger partial charge in [0.05, 0.1) is 23.0 Å². The van der Waals surface area contributed by atoms with Gasteiger partial charge in [0.25, 0.3) is 0 Å². The van der Waals surface area contributed by atoms with E-state index in [9.17, 15) is 16.8 Å². The van der Waals surface area contributed by atoms with Crippen molar-refractivity contribution < 1.29 is 35.4 Å². The van der Waals surface area contributed by atoms with Gasteiger partial charge in [-0.1, -0.05) is 0 Å². The van der Waals surface area contributed by atoms with Crippen molar-refractivity contribution in [2.75, 3.05) is 38.9 Å². The molecule has 0 bridgehead atoms. The lowest BCUT2D eigenvalue weighted by molar-refractivity contribution is -0.699. The lowest BCUT2D eigenvalue weighted by Crippen LogP contribution is -2.36. The van der Waals surface area contributed by atoms with Gasteiger partial charge in [-0.25, -0.2) is 26.0 Å². The first-order valence-electron chi connectivity index (χ1n) is 8.70. The SMILES string of the molecule is CS(=O)(=O)c1cc[n+](CCOCCOCC[n+]2ccc(S(C)(=O)=O)cc2)cc1. The Balaban J connectivity index is 1.57. The maximum Gasteiger partial charge on any atom is 0.175 e. The van der Waals surface area contributed by atoms with Crippen molar-refractivity contribution in [1.29, 1.82) is 0 Å². The highest BCUT2D eigenvalue weighted by atomic mass is 32.2. The molecule has 0 saturated carbocycles. The smallest absolute Gasteiger partial charge is 0.175 e. The monoisotopic (exact) mass is 430 g/mol. The van der Waals surface area contributed by atoms with Gasteiger partial charge in [0.1, 0.15) is 13.2 Å². The third kappa shape index (κ3) is 7.63. The summed E-state index contributed by atoms with van der Waals surface area (Å²) >= 11 is 0. The van der Waals surface area contributed by atoms with E-state index in [1.807, 2.05) is 9.13 Å². The number of nitrogens with zero attached hydrogens (tertiary/aromatic N) is 2. The van der Waals surface area contributed by atoms with Crippen molar-refractivity contribution in [3.05, 3.63) is 49.1 Å². The summed E-state index contributed by atoms with van der Waals surface area (Å²) in [6.45, 7) is 3.14. The molecule has 8 nitrogen and oxygen atoms in total. The lowest BCUT2D eigenvalue weighted by atomic mass is 10.5. The van der Waals surface area contributed by atoms with E-state index >= 15 is 0 Å². The standard InChI is InChI=1S/C18H26N2O6S2/c1-27(21,22)17-3-7-19(8-4-17)11-13-25-15-16-26-14-12-20-9-5-18(6-10-20)28(2,23)24/h3-10H,11-16H2,1-2H3/q+2. The number of pyridine rings is 2. The summed E-state index contributed by atoms with van der Waals surface area (Å²) in [5.74, 6) is 0. The molecule has 0 aliphatic rings. The second kappa shape index (κ2) is 10.1.